The van der Waals surface area contributed by atoms with Crippen molar-refractivity contribution in [1.82, 2.24) is 14.6 Å². The Morgan fingerprint density at radius 2 is 2.10 bits per heavy atom. The molecule has 166 valence electrons. The van der Waals surface area contributed by atoms with Crippen LogP contribution in [-0.2, 0) is 33.7 Å². The molecule has 30 heavy (non-hydrogen) atoms. The number of rotatable bonds is 9. The van der Waals surface area contributed by atoms with Gasteiger partial charge >= 0.3 is 16.3 Å². The lowest BCUT2D eigenvalue weighted by molar-refractivity contribution is -0.161. The number of nitrogens with zero attached hydrogens (tertiary/aromatic N) is 3. The Morgan fingerprint density at radius 3 is 2.57 bits per heavy atom. The highest BCUT2D eigenvalue weighted by Crippen LogP contribution is 2.25. The lowest BCUT2D eigenvalue weighted by Gasteiger charge is -2.43. The van der Waals surface area contributed by atoms with Crippen LogP contribution in [0.15, 0.2) is 10.5 Å². The van der Waals surface area contributed by atoms with Crippen molar-refractivity contribution in [3.8, 4) is 0 Å². The zero-order valence-corrected chi connectivity index (χ0v) is 18.1. The quantitative estimate of drug-likeness (QED) is 0.240. The number of carboxylic acid groups (broad SMARTS) is 1. The van der Waals surface area contributed by atoms with Crippen LogP contribution in [0.4, 0.5) is 5.13 Å². The molecule has 1 aliphatic rings. The summed E-state index contributed by atoms with van der Waals surface area (Å²) in [7, 11) is -4.26. The molecule has 0 aromatic carbocycles. The molecule has 0 saturated carbocycles. The molecule has 13 nitrogen and oxygen atoms in total. The van der Waals surface area contributed by atoms with E-state index in [1.807, 2.05) is 0 Å². The SMILES string of the molecule is CCOS(=O)(=O)N1C(=O)[C@@H](NC(=O)/C(=N\OC(C)(C)C(=O)O)c2csc(N)n2)[C@@H]1C. The Morgan fingerprint density at radius 1 is 1.47 bits per heavy atom. The molecule has 1 fully saturated rings. The zero-order valence-electron chi connectivity index (χ0n) is 16.5. The molecule has 4 N–H and O–H groups in total. The summed E-state index contributed by atoms with van der Waals surface area (Å²) in [4.78, 5) is 45.1. The number of aliphatic carboxylic acids is 1. The molecule has 1 aliphatic heterocycles. The Balaban J connectivity index is 2.24. The minimum Gasteiger partial charge on any atom is -0.478 e. The highest BCUT2D eigenvalue weighted by atomic mass is 32.2. The summed E-state index contributed by atoms with van der Waals surface area (Å²) in [6.07, 6.45) is 0. The highest BCUT2D eigenvalue weighted by molar-refractivity contribution is 7.85. The van der Waals surface area contributed by atoms with Crippen molar-refractivity contribution in [1.29, 1.82) is 0 Å². The minimum absolute atomic E-state index is 0.00518. The van der Waals surface area contributed by atoms with Crippen LogP contribution in [0, 0.1) is 0 Å². The molecule has 0 unspecified atom stereocenters. The number of nitrogen functional groups attached to an aromatic ring is 1. The molecule has 2 heterocycles. The van der Waals surface area contributed by atoms with Crippen molar-refractivity contribution < 1.29 is 36.9 Å². The number of carbonyl (C=O) groups excluding carboxylic acids is 2. The number of hydrogen-bond donors (Lipinski definition) is 3. The van der Waals surface area contributed by atoms with Gasteiger partial charge in [0.1, 0.15) is 11.7 Å². The van der Waals surface area contributed by atoms with Crippen molar-refractivity contribution in [2.45, 2.75) is 45.4 Å². The number of oxime groups is 1. The molecule has 15 heteroatoms. The predicted molar refractivity (Wildman–Crippen MR) is 105 cm³/mol. The van der Waals surface area contributed by atoms with E-state index >= 15 is 0 Å². The van der Waals surface area contributed by atoms with Gasteiger partial charge in [-0.1, -0.05) is 5.16 Å². The largest absolute Gasteiger partial charge is 0.478 e. The molecule has 0 spiro atoms. The molecular weight excluding hydrogens is 442 g/mol. The standard InChI is InChI=1S/C15H21N5O8S2/c1-5-27-30(25,26)20-7(2)9(12(20)22)18-11(21)10(8-6-29-14(16)17-8)19-28-15(3,4)13(23)24/h6-7,9H,5H2,1-4H3,(H2,16,17)(H,18,21)(H,23,24)/b19-10-/t7-,9-/m0/s1. The van der Waals surface area contributed by atoms with Crippen molar-refractivity contribution >= 4 is 50.3 Å². The molecule has 2 atom stereocenters. The van der Waals surface area contributed by atoms with E-state index in [-0.39, 0.29) is 17.4 Å². The molecule has 1 saturated heterocycles. The third-order valence-electron chi connectivity index (χ3n) is 3.99. The number of aromatic nitrogens is 1. The van der Waals surface area contributed by atoms with Crippen LogP contribution in [-0.4, -0.2) is 70.6 Å². The Bertz CT molecular complexity index is 987. The second kappa shape index (κ2) is 8.53. The van der Waals surface area contributed by atoms with Gasteiger partial charge in [-0.2, -0.15) is 8.42 Å². The van der Waals surface area contributed by atoms with Gasteiger partial charge < -0.3 is 21.0 Å². The molecule has 1 aromatic heterocycles. The number of nitrogens with one attached hydrogen (secondary N) is 1. The molecule has 2 amide bonds. The number of amides is 2. The van der Waals surface area contributed by atoms with Crippen LogP contribution in [0.3, 0.4) is 0 Å². The first-order chi connectivity index (χ1) is 13.8. The van der Waals surface area contributed by atoms with Gasteiger partial charge in [0.25, 0.3) is 11.8 Å². The van der Waals surface area contributed by atoms with E-state index in [1.165, 1.54) is 33.1 Å². The second-order valence-corrected chi connectivity index (χ2v) is 8.98. The Labute approximate surface area is 176 Å². The van der Waals surface area contributed by atoms with Gasteiger partial charge in [0.15, 0.2) is 10.8 Å². The summed E-state index contributed by atoms with van der Waals surface area (Å²) in [6.45, 7) is 5.14. The summed E-state index contributed by atoms with van der Waals surface area (Å²) in [5.74, 6) is -3.16. The van der Waals surface area contributed by atoms with Gasteiger partial charge in [0.05, 0.1) is 12.6 Å². The highest BCUT2D eigenvalue weighted by Gasteiger charge is 2.52. The first kappa shape index (κ1) is 23.5. The maximum atomic E-state index is 12.7. The van der Waals surface area contributed by atoms with Gasteiger partial charge in [-0.05, 0) is 27.7 Å². The summed E-state index contributed by atoms with van der Waals surface area (Å²) in [5, 5.41) is 16.6. The Kier molecular flexibility index (Phi) is 6.68. The number of nitrogens with two attached hydrogens (primary N) is 1. The van der Waals surface area contributed by atoms with Gasteiger partial charge in [-0.3, -0.25) is 13.8 Å². The van der Waals surface area contributed by atoms with E-state index < -0.39 is 51.5 Å². The fourth-order valence-corrected chi connectivity index (χ4v) is 4.13. The molecule has 2 rings (SSSR count). The van der Waals surface area contributed by atoms with E-state index in [2.05, 4.69) is 19.6 Å². The van der Waals surface area contributed by atoms with E-state index in [1.54, 1.807) is 0 Å². The van der Waals surface area contributed by atoms with E-state index in [4.69, 9.17) is 15.7 Å². The van der Waals surface area contributed by atoms with Crippen LogP contribution in [0.25, 0.3) is 0 Å². The Hall–Kier alpha value is -2.78. The summed E-state index contributed by atoms with van der Waals surface area (Å²) in [5.41, 5.74) is 3.38. The summed E-state index contributed by atoms with van der Waals surface area (Å²) >= 11 is 1.00. The number of hydrogen-bond acceptors (Lipinski definition) is 11. The van der Waals surface area contributed by atoms with E-state index in [9.17, 15) is 22.8 Å². The van der Waals surface area contributed by atoms with Crippen LogP contribution in [0.5, 0.6) is 0 Å². The van der Waals surface area contributed by atoms with Gasteiger partial charge in [-0.15, -0.1) is 11.3 Å². The molecular formula is C15H21N5O8S2. The third kappa shape index (κ3) is 4.68. The average Bonchev–Trinajstić information content (AvgIpc) is 3.05. The van der Waals surface area contributed by atoms with Crippen molar-refractivity contribution in [2.75, 3.05) is 12.3 Å². The number of carboxylic acids is 1. The lowest BCUT2D eigenvalue weighted by atomic mass is 10.0. The second-order valence-electron chi connectivity index (χ2n) is 6.61. The number of anilines is 1. The first-order valence-electron chi connectivity index (χ1n) is 8.56. The van der Waals surface area contributed by atoms with Crippen LogP contribution in [0.1, 0.15) is 33.4 Å². The fourth-order valence-electron chi connectivity index (χ4n) is 2.31. The molecule has 0 aliphatic carbocycles. The zero-order chi connectivity index (χ0) is 22.9. The van der Waals surface area contributed by atoms with Gasteiger partial charge in [0, 0.05) is 5.38 Å². The number of β-lactam (4-membered cyclic amide) rings is 1. The maximum Gasteiger partial charge on any atom is 0.365 e. The predicted octanol–water partition coefficient (Wildman–Crippen LogP) is -0.694. The van der Waals surface area contributed by atoms with Crippen LogP contribution >= 0.6 is 11.3 Å². The maximum absolute atomic E-state index is 12.7. The van der Waals surface area contributed by atoms with Crippen molar-refractivity contribution in [3.63, 3.8) is 0 Å². The average molecular weight is 463 g/mol. The molecule has 1 aromatic rings. The van der Waals surface area contributed by atoms with Gasteiger partial charge in [0.2, 0.25) is 5.60 Å². The summed E-state index contributed by atoms with van der Waals surface area (Å²) < 4.78 is 29.0. The normalized spacial score (nSPS) is 19.9. The number of thiazole rings is 1. The molecule has 0 bridgehead atoms. The lowest BCUT2D eigenvalue weighted by Crippen LogP contribution is -2.71. The van der Waals surface area contributed by atoms with Crippen molar-refractivity contribution in [2.24, 2.45) is 5.16 Å². The van der Waals surface area contributed by atoms with E-state index in [0.717, 1.165) is 11.3 Å². The summed E-state index contributed by atoms with van der Waals surface area (Å²) in [6, 6.07) is -2.10. The number of carbonyl (C=O) groups is 3. The van der Waals surface area contributed by atoms with E-state index in [0.29, 0.717) is 4.31 Å². The monoisotopic (exact) mass is 463 g/mol. The van der Waals surface area contributed by atoms with Gasteiger partial charge in [-0.25, -0.2) is 14.1 Å². The van der Waals surface area contributed by atoms with Crippen molar-refractivity contribution in [3.05, 3.63) is 11.1 Å². The van der Waals surface area contributed by atoms with Crippen LogP contribution < -0.4 is 11.1 Å². The first-order valence-corrected chi connectivity index (χ1v) is 10.8. The van der Waals surface area contributed by atoms with Crippen LogP contribution in [0.2, 0.25) is 0 Å². The third-order valence-corrected chi connectivity index (χ3v) is 6.19. The fraction of sp³-hybridized carbons (Fsp3) is 0.533. The smallest absolute Gasteiger partial charge is 0.365 e. The minimum atomic E-state index is -4.26. The topological polar surface area (TPSA) is 191 Å². The molecule has 0 radical (unpaired) electrons.